The van der Waals surface area contributed by atoms with Crippen molar-refractivity contribution < 1.29 is 4.74 Å². The molecule has 0 bridgehead atoms. The topological polar surface area (TPSA) is 39.1 Å². The van der Waals surface area contributed by atoms with E-state index in [1.165, 1.54) is 5.56 Å². The van der Waals surface area contributed by atoms with Crippen molar-refractivity contribution in [3.63, 3.8) is 0 Å². The Balaban J connectivity index is 1.61. The van der Waals surface area contributed by atoms with E-state index in [0.717, 1.165) is 24.7 Å². The molecular formula is C15H19N3O. The zero-order valence-electron chi connectivity index (χ0n) is 11.3. The number of hydrogen-bond acceptors (Lipinski definition) is 3. The Hall–Kier alpha value is -1.97. The van der Waals surface area contributed by atoms with E-state index >= 15 is 0 Å². The number of rotatable bonds is 4. The lowest BCUT2D eigenvalue weighted by Gasteiger charge is -2.15. The molecule has 1 N–H and O–H groups in total. The minimum atomic E-state index is 0.190. The number of para-hydroxylation sites is 1. The lowest BCUT2D eigenvalue weighted by Crippen LogP contribution is -2.25. The van der Waals surface area contributed by atoms with Crippen molar-refractivity contribution in [2.75, 3.05) is 11.9 Å². The largest absolute Gasteiger partial charge is 0.488 e. The van der Waals surface area contributed by atoms with Crippen LogP contribution in [0.3, 0.4) is 0 Å². The van der Waals surface area contributed by atoms with Crippen LogP contribution in [0.2, 0.25) is 0 Å². The van der Waals surface area contributed by atoms with Crippen LogP contribution < -0.4 is 10.1 Å². The molecular weight excluding hydrogens is 238 g/mol. The average Bonchev–Trinajstić information content (AvgIpc) is 3.02. The van der Waals surface area contributed by atoms with Gasteiger partial charge in [-0.3, -0.25) is 0 Å². The van der Waals surface area contributed by atoms with Gasteiger partial charge in [-0.25, -0.2) is 4.98 Å². The Morgan fingerprint density at radius 3 is 3.05 bits per heavy atom. The van der Waals surface area contributed by atoms with E-state index in [-0.39, 0.29) is 6.10 Å². The lowest BCUT2D eigenvalue weighted by molar-refractivity contribution is 0.246. The summed E-state index contributed by atoms with van der Waals surface area (Å²) in [5, 5.41) is 3.38. The minimum absolute atomic E-state index is 0.190. The van der Waals surface area contributed by atoms with Crippen molar-refractivity contribution in [1.82, 2.24) is 9.55 Å². The maximum atomic E-state index is 5.91. The third-order valence-corrected chi connectivity index (χ3v) is 3.43. The first-order valence-corrected chi connectivity index (χ1v) is 6.75. The van der Waals surface area contributed by atoms with E-state index in [1.54, 1.807) is 0 Å². The Morgan fingerprint density at radius 1 is 1.42 bits per heavy atom. The maximum absolute atomic E-state index is 5.91. The third kappa shape index (κ3) is 2.43. The van der Waals surface area contributed by atoms with Gasteiger partial charge in [-0.15, -0.1) is 0 Å². The summed E-state index contributed by atoms with van der Waals surface area (Å²) in [7, 11) is 0. The molecule has 0 radical (unpaired) electrons. The smallest absolute Gasteiger partial charge is 0.203 e. The SMILES string of the molecule is CC(C)n1ccnc1NCC1Cc2ccccc2O1. The first kappa shape index (κ1) is 12.1. The second-order valence-corrected chi connectivity index (χ2v) is 5.18. The predicted octanol–water partition coefficient (Wildman–Crippen LogP) is 2.88. The van der Waals surface area contributed by atoms with Gasteiger partial charge in [0.25, 0.3) is 0 Å². The zero-order valence-corrected chi connectivity index (χ0v) is 11.3. The minimum Gasteiger partial charge on any atom is -0.488 e. The second kappa shape index (κ2) is 4.96. The molecule has 0 amide bonds. The van der Waals surface area contributed by atoms with E-state index in [1.807, 2.05) is 24.5 Å². The molecule has 2 heterocycles. The molecule has 0 spiro atoms. The van der Waals surface area contributed by atoms with Crippen molar-refractivity contribution >= 4 is 5.95 Å². The fraction of sp³-hybridized carbons (Fsp3) is 0.400. The molecule has 19 heavy (non-hydrogen) atoms. The number of ether oxygens (including phenoxy) is 1. The van der Waals surface area contributed by atoms with Crippen LogP contribution in [0.1, 0.15) is 25.5 Å². The zero-order chi connectivity index (χ0) is 13.2. The highest BCUT2D eigenvalue weighted by atomic mass is 16.5. The molecule has 1 atom stereocenters. The van der Waals surface area contributed by atoms with Gasteiger partial charge in [-0.05, 0) is 25.5 Å². The van der Waals surface area contributed by atoms with Crippen molar-refractivity contribution in [2.45, 2.75) is 32.4 Å². The first-order valence-electron chi connectivity index (χ1n) is 6.75. The van der Waals surface area contributed by atoms with Crippen LogP contribution in [-0.4, -0.2) is 22.2 Å². The molecule has 3 rings (SSSR count). The molecule has 0 aliphatic carbocycles. The summed E-state index contributed by atoms with van der Waals surface area (Å²) in [4.78, 5) is 4.34. The Morgan fingerprint density at radius 2 is 2.26 bits per heavy atom. The monoisotopic (exact) mass is 257 g/mol. The highest BCUT2D eigenvalue weighted by molar-refractivity contribution is 5.38. The predicted molar refractivity (Wildman–Crippen MR) is 75.7 cm³/mol. The van der Waals surface area contributed by atoms with E-state index in [9.17, 15) is 0 Å². The Kier molecular flexibility index (Phi) is 3.15. The van der Waals surface area contributed by atoms with Crippen LogP contribution in [0.15, 0.2) is 36.7 Å². The quantitative estimate of drug-likeness (QED) is 0.915. The van der Waals surface area contributed by atoms with Gasteiger partial charge in [-0.1, -0.05) is 18.2 Å². The number of nitrogens with one attached hydrogen (secondary N) is 1. The Bertz CT molecular complexity index is 537. The summed E-state index contributed by atoms with van der Waals surface area (Å²) in [5.41, 5.74) is 1.29. The molecule has 1 aromatic carbocycles. The standard InChI is InChI=1S/C15H19N3O/c1-11(2)18-8-7-16-15(18)17-10-13-9-12-5-3-4-6-14(12)19-13/h3-8,11,13H,9-10H2,1-2H3,(H,16,17). The molecule has 4 nitrogen and oxygen atoms in total. The highest BCUT2D eigenvalue weighted by Crippen LogP contribution is 2.28. The van der Waals surface area contributed by atoms with Crippen molar-refractivity contribution in [2.24, 2.45) is 0 Å². The molecule has 1 aliphatic rings. The van der Waals surface area contributed by atoms with Gasteiger partial charge in [0.2, 0.25) is 5.95 Å². The van der Waals surface area contributed by atoms with E-state index in [4.69, 9.17) is 4.74 Å². The summed E-state index contributed by atoms with van der Waals surface area (Å²) in [5.74, 6) is 1.93. The number of nitrogens with zero attached hydrogens (tertiary/aromatic N) is 2. The molecule has 1 unspecified atom stereocenters. The van der Waals surface area contributed by atoms with Crippen LogP contribution in [0.25, 0.3) is 0 Å². The van der Waals surface area contributed by atoms with Crippen LogP contribution in [-0.2, 0) is 6.42 Å². The number of imidazole rings is 1. The van der Waals surface area contributed by atoms with E-state index < -0.39 is 0 Å². The molecule has 0 saturated carbocycles. The first-order chi connectivity index (χ1) is 9.24. The van der Waals surface area contributed by atoms with Gasteiger partial charge >= 0.3 is 0 Å². The van der Waals surface area contributed by atoms with Crippen molar-refractivity contribution in [3.05, 3.63) is 42.2 Å². The van der Waals surface area contributed by atoms with Crippen molar-refractivity contribution in [1.29, 1.82) is 0 Å². The van der Waals surface area contributed by atoms with Gasteiger partial charge < -0.3 is 14.6 Å². The average molecular weight is 257 g/mol. The number of benzene rings is 1. The van der Waals surface area contributed by atoms with E-state index in [2.05, 4.69) is 40.8 Å². The van der Waals surface area contributed by atoms with Gasteiger partial charge in [-0.2, -0.15) is 0 Å². The number of aromatic nitrogens is 2. The van der Waals surface area contributed by atoms with E-state index in [0.29, 0.717) is 6.04 Å². The van der Waals surface area contributed by atoms with Crippen LogP contribution in [0, 0.1) is 0 Å². The lowest BCUT2D eigenvalue weighted by atomic mass is 10.1. The third-order valence-electron chi connectivity index (χ3n) is 3.43. The molecule has 0 saturated heterocycles. The fourth-order valence-electron chi connectivity index (χ4n) is 2.44. The summed E-state index contributed by atoms with van der Waals surface area (Å²) < 4.78 is 8.03. The van der Waals surface area contributed by atoms with Gasteiger partial charge in [0.1, 0.15) is 11.9 Å². The normalized spacial score (nSPS) is 17.3. The number of anilines is 1. The fourth-order valence-corrected chi connectivity index (χ4v) is 2.44. The molecule has 1 aliphatic heterocycles. The second-order valence-electron chi connectivity index (χ2n) is 5.18. The van der Waals surface area contributed by atoms with Gasteiger partial charge in [0.05, 0.1) is 6.54 Å². The summed E-state index contributed by atoms with van der Waals surface area (Å²) >= 11 is 0. The van der Waals surface area contributed by atoms with Gasteiger partial charge in [0.15, 0.2) is 0 Å². The molecule has 0 fully saturated rings. The Labute approximate surface area is 113 Å². The highest BCUT2D eigenvalue weighted by Gasteiger charge is 2.22. The molecule has 2 aromatic rings. The maximum Gasteiger partial charge on any atom is 0.203 e. The summed E-state index contributed by atoms with van der Waals surface area (Å²) in [6.45, 7) is 5.07. The van der Waals surface area contributed by atoms with Crippen LogP contribution in [0.5, 0.6) is 5.75 Å². The molecule has 4 heteroatoms. The summed E-state index contributed by atoms with van der Waals surface area (Å²) in [6.07, 6.45) is 4.98. The molecule has 1 aromatic heterocycles. The van der Waals surface area contributed by atoms with Crippen molar-refractivity contribution in [3.8, 4) is 5.75 Å². The van der Waals surface area contributed by atoms with Crippen LogP contribution in [0.4, 0.5) is 5.95 Å². The number of hydrogen-bond donors (Lipinski definition) is 1. The van der Waals surface area contributed by atoms with Crippen LogP contribution >= 0.6 is 0 Å². The van der Waals surface area contributed by atoms with Gasteiger partial charge in [0, 0.05) is 24.9 Å². The number of fused-ring (bicyclic) bond motifs is 1. The molecule has 100 valence electrons. The summed E-state index contributed by atoms with van der Waals surface area (Å²) in [6, 6.07) is 8.64.